The summed E-state index contributed by atoms with van der Waals surface area (Å²) < 4.78 is 20.9. The van der Waals surface area contributed by atoms with Gasteiger partial charge in [0.2, 0.25) is 5.91 Å². The number of amides is 1. The van der Waals surface area contributed by atoms with Crippen LogP contribution in [0.4, 0.5) is 10.1 Å². The molecule has 1 aromatic heterocycles. The largest absolute Gasteiger partial charge is 0.370 e. The van der Waals surface area contributed by atoms with Crippen LogP contribution in [-0.4, -0.2) is 22.1 Å². The van der Waals surface area contributed by atoms with Gasteiger partial charge in [0.1, 0.15) is 24.3 Å². The van der Waals surface area contributed by atoms with Gasteiger partial charge >= 0.3 is 0 Å². The second kappa shape index (κ2) is 6.64. The molecule has 1 fully saturated rings. The number of nitrogens with zero attached hydrogens (tertiary/aromatic N) is 2. The van der Waals surface area contributed by atoms with E-state index < -0.39 is 0 Å². The summed E-state index contributed by atoms with van der Waals surface area (Å²) in [6, 6.07) is 13.6. The third kappa shape index (κ3) is 3.25. The molecule has 1 atom stereocenters. The molecule has 2 aromatic carbocycles. The molecule has 1 N–H and O–H groups in total. The lowest BCUT2D eigenvalue weighted by molar-refractivity contribution is -0.116. The Kier molecular flexibility index (Phi) is 4.19. The van der Waals surface area contributed by atoms with Crippen molar-refractivity contribution in [2.75, 3.05) is 11.9 Å². The quantitative estimate of drug-likeness (QED) is 0.789. The summed E-state index contributed by atoms with van der Waals surface area (Å²) in [7, 11) is 0. The second-order valence-electron chi connectivity index (χ2n) is 6.11. The van der Waals surface area contributed by atoms with E-state index in [1.165, 1.54) is 12.1 Å². The first-order valence-corrected chi connectivity index (χ1v) is 8.33. The summed E-state index contributed by atoms with van der Waals surface area (Å²) in [6.07, 6.45) is 1.80. The zero-order valence-electron chi connectivity index (χ0n) is 13.6. The molecule has 0 radical (unpaired) electrons. The topological polar surface area (TPSA) is 56.2 Å². The summed E-state index contributed by atoms with van der Waals surface area (Å²) in [5.41, 5.74) is 2.17. The molecule has 1 amide bonds. The molecule has 4 rings (SSSR count). The Hall–Kier alpha value is -2.73. The number of halogens is 1. The van der Waals surface area contributed by atoms with E-state index in [2.05, 4.69) is 10.3 Å². The summed E-state index contributed by atoms with van der Waals surface area (Å²) in [6.45, 7) is 0.815. The third-order valence-electron chi connectivity index (χ3n) is 4.31. The van der Waals surface area contributed by atoms with Gasteiger partial charge in [0, 0.05) is 12.3 Å². The average molecular weight is 339 g/mol. The fraction of sp³-hybridized carbons (Fsp3) is 0.263. The molecule has 3 aromatic rings. The van der Waals surface area contributed by atoms with E-state index in [9.17, 15) is 9.18 Å². The lowest BCUT2D eigenvalue weighted by atomic mass is 10.2. The van der Waals surface area contributed by atoms with Crippen LogP contribution in [0.1, 0.15) is 24.8 Å². The summed E-state index contributed by atoms with van der Waals surface area (Å²) >= 11 is 0. The molecule has 1 saturated heterocycles. The monoisotopic (exact) mass is 339 g/mol. The maximum absolute atomic E-state index is 13.3. The highest BCUT2D eigenvalue weighted by Crippen LogP contribution is 2.30. The lowest BCUT2D eigenvalue weighted by Gasteiger charge is -2.13. The number of benzene rings is 2. The lowest BCUT2D eigenvalue weighted by Crippen LogP contribution is -2.21. The van der Waals surface area contributed by atoms with Crippen LogP contribution in [0, 0.1) is 5.82 Å². The van der Waals surface area contributed by atoms with Gasteiger partial charge in [-0.1, -0.05) is 18.2 Å². The van der Waals surface area contributed by atoms with E-state index in [-0.39, 0.29) is 24.4 Å². The molecule has 2 heterocycles. The van der Waals surface area contributed by atoms with Gasteiger partial charge in [0.05, 0.1) is 11.0 Å². The molecule has 1 aliphatic heterocycles. The molecule has 1 unspecified atom stereocenters. The van der Waals surface area contributed by atoms with E-state index in [1.54, 1.807) is 12.1 Å². The fourth-order valence-corrected chi connectivity index (χ4v) is 3.20. The van der Waals surface area contributed by atoms with E-state index in [1.807, 2.05) is 28.8 Å². The van der Waals surface area contributed by atoms with Crippen molar-refractivity contribution in [3.63, 3.8) is 0 Å². The molecule has 25 heavy (non-hydrogen) atoms. The fourth-order valence-electron chi connectivity index (χ4n) is 3.20. The SMILES string of the molecule is O=C(Cn1c(C2CCCO2)nc2ccccc21)Nc1cccc(F)c1. The van der Waals surface area contributed by atoms with E-state index in [0.717, 1.165) is 29.7 Å². The number of para-hydroxylation sites is 2. The Morgan fingerprint density at radius 1 is 1.28 bits per heavy atom. The first kappa shape index (κ1) is 15.8. The van der Waals surface area contributed by atoms with Gasteiger partial charge in [0.25, 0.3) is 0 Å². The number of carbonyl (C=O) groups is 1. The summed E-state index contributed by atoms with van der Waals surface area (Å²) in [5.74, 6) is 0.159. The number of fused-ring (bicyclic) bond motifs is 1. The molecule has 0 bridgehead atoms. The van der Waals surface area contributed by atoms with Crippen LogP contribution in [0.5, 0.6) is 0 Å². The van der Waals surface area contributed by atoms with Crippen LogP contribution < -0.4 is 5.32 Å². The third-order valence-corrected chi connectivity index (χ3v) is 4.31. The average Bonchev–Trinajstić information content (AvgIpc) is 3.23. The zero-order chi connectivity index (χ0) is 17.2. The van der Waals surface area contributed by atoms with Gasteiger partial charge in [0.15, 0.2) is 0 Å². The summed E-state index contributed by atoms with van der Waals surface area (Å²) in [5, 5.41) is 2.74. The van der Waals surface area contributed by atoms with Crippen molar-refractivity contribution in [2.24, 2.45) is 0 Å². The van der Waals surface area contributed by atoms with Gasteiger partial charge in [-0.25, -0.2) is 9.37 Å². The molecule has 0 aliphatic carbocycles. The second-order valence-corrected chi connectivity index (χ2v) is 6.11. The Balaban J connectivity index is 1.63. The number of ether oxygens (including phenoxy) is 1. The molecule has 0 saturated carbocycles. The highest BCUT2D eigenvalue weighted by molar-refractivity contribution is 5.91. The van der Waals surface area contributed by atoms with Crippen LogP contribution in [-0.2, 0) is 16.1 Å². The maximum atomic E-state index is 13.3. The van der Waals surface area contributed by atoms with E-state index >= 15 is 0 Å². The highest BCUT2D eigenvalue weighted by Gasteiger charge is 2.25. The van der Waals surface area contributed by atoms with Crippen LogP contribution in [0.3, 0.4) is 0 Å². The Morgan fingerprint density at radius 3 is 2.96 bits per heavy atom. The summed E-state index contributed by atoms with van der Waals surface area (Å²) in [4.78, 5) is 17.1. The Labute approximate surface area is 144 Å². The number of hydrogen-bond acceptors (Lipinski definition) is 3. The van der Waals surface area contributed by atoms with E-state index in [0.29, 0.717) is 12.3 Å². The van der Waals surface area contributed by atoms with Crippen molar-refractivity contribution in [1.82, 2.24) is 9.55 Å². The van der Waals surface area contributed by atoms with Gasteiger partial charge in [-0.15, -0.1) is 0 Å². The van der Waals surface area contributed by atoms with Crippen molar-refractivity contribution in [2.45, 2.75) is 25.5 Å². The first-order valence-electron chi connectivity index (χ1n) is 8.33. The molecular weight excluding hydrogens is 321 g/mol. The van der Waals surface area contributed by atoms with Crippen molar-refractivity contribution < 1.29 is 13.9 Å². The molecule has 128 valence electrons. The standard InChI is InChI=1S/C19H18FN3O2/c20-13-5-3-6-14(11-13)21-18(24)12-23-16-8-2-1-7-15(16)22-19(23)17-9-4-10-25-17/h1-3,5-8,11,17H,4,9-10,12H2,(H,21,24). The smallest absolute Gasteiger partial charge is 0.244 e. The van der Waals surface area contributed by atoms with Crippen LogP contribution in [0.15, 0.2) is 48.5 Å². The zero-order valence-corrected chi connectivity index (χ0v) is 13.6. The van der Waals surface area contributed by atoms with Gasteiger partial charge in [-0.2, -0.15) is 0 Å². The molecule has 6 heteroatoms. The number of hydrogen-bond donors (Lipinski definition) is 1. The van der Waals surface area contributed by atoms with Crippen molar-refractivity contribution >= 4 is 22.6 Å². The van der Waals surface area contributed by atoms with Crippen LogP contribution in [0.2, 0.25) is 0 Å². The number of nitrogens with one attached hydrogen (secondary N) is 1. The number of aromatic nitrogens is 2. The number of carbonyl (C=O) groups excluding carboxylic acids is 1. The van der Waals surface area contributed by atoms with Crippen molar-refractivity contribution in [3.8, 4) is 0 Å². The van der Waals surface area contributed by atoms with Gasteiger partial charge < -0.3 is 14.6 Å². The maximum Gasteiger partial charge on any atom is 0.244 e. The van der Waals surface area contributed by atoms with Crippen molar-refractivity contribution in [3.05, 3.63) is 60.2 Å². The highest BCUT2D eigenvalue weighted by atomic mass is 19.1. The number of imidazole rings is 1. The first-order chi connectivity index (χ1) is 12.2. The predicted octanol–water partition coefficient (Wildman–Crippen LogP) is 3.67. The minimum Gasteiger partial charge on any atom is -0.370 e. The normalized spacial score (nSPS) is 17.1. The Morgan fingerprint density at radius 2 is 2.16 bits per heavy atom. The molecular formula is C19H18FN3O2. The van der Waals surface area contributed by atoms with Crippen LogP contribution in [0.25, 0.3) is 11.0 Å². The van der Waals surface area contributed by atoms with Gasteiger partial charge in [-0.05, 0) is 43.2 Å². The molecule has 0 spiro atoms. The predicted molar refractivity (Wildman–Crippen MR) is 92.7 cm³/mol. The number of anilines is 1. The minimum absolute atomic E-state index is 0.0885. The van der Waals surface area contributed by atoms with Crippen molar-refractivity contribution in [1.29, 1.82) is 0 Å². The molecule has 1 aliphatic rings. The molecule has 5 nitrogen and oxygen atoms in total. The van der Waals surface area contributed by atoms with E-state index in [4.69, 9.17) is 4.74 Å². The number of rotatable bonds is 4. The van der Waals surface area contributed by atoms with Gasteiger partial charge in [-0.3, -0.25) is 4.79 Å². The van der Waals surface area contributed by atoms with Crippen LogP contribution >= 0.6 is 0 Å². The minimum atomic E-state index is -0.383. The Bertz CT molecular complexity index is 916.